The Labute approximate surface area is 97.8 Å². The number of hydrogen-bond acceptors (Lipinski definition) is 2. The molecule has 0 aliphatic heterocycles. The van der Waals surface area contributed by atoms with Crippen molar-refractivity contribution in [1.29, 1.82) is 0 Å². The maximum atomic E-state index is 10.7. The lowest BCUT2D eigenvalue weighted by Crippen LogP contribution is -2.06. The van der Waals surface area contributed by atoms with Crippen LogP contribution in [0.3, 0.4) is 0 Å². The summed E-state index contributed by atoms with van der Waals surface area (Å²) in [7, 11) is 0. The highest BCUT2D eigenvalue weighted by Crippen LogP contribution is 2.20. The van der Waals surface area contributed by atoms with Crippen molar-refractivity contribution in [2.75, 3.05) is 6.61 Å². The third-order valence-electron chi connectivity index (χ3n) is 1.67. The van der Waals surface area contributed by atoms with E-state index in [0.29, 0.717) is 23.8 Å². The smallest absolute Gasteiger partial charge is 0.153 e. The van der Waals surface area contributed by atoms with Crippen molar-refractivity contribution < 1.29 is 9.53 Å². The topological polar surface area (TPSA) is 26.3 Å². The van der Waals surface area contributed by atoms with Crippen LogP contribution in [-0.4, -0.2) is 12.9 Å². The molecule has 3 heteroatoms. The van der Waals surface area contributed by atoms with Gasteiger partial charge >= 0.3 is 0 Å². The van der Waals surface area contributed by atoms with Crippen molar-refractivity contribution >= 4 is 28.9 Å². The molecule has 2 nitrogen and oxygen atoms in total. The molecule has 14 heavy (non-hydrogen) atoms. The molecule has 0 N–H and O–H groups in total. The van der Waals surface area contributed by atoms with Crippen LogP contribution in [0.25, 0.3) is 0 Å². The maximum Gasteiger partial charge on any atom is 0.153 e. The monoisotopic (exact) mass is 304 g/mol. The van der Waals surface area contributed by atoms with E-state index < -0.39 is 0 Å². The van der Waals surface area contributed by atoms with Gasteiger partial charge in [0.15, 0.2) is 6.29 Å². The highest BCUT2D eigenvalue weighted by atomic mass is 127. The predicted octanol–water partition coefficient (Wildman–Crippen LogP) is 3.14. The molecule has 0 radical (unpaired) electrons. The number of carbonyl (C=O) groups excluding carboxylic acids is 1. The maximum absolute atomic E-state index is 10.7. The minimum atomic E-state index is 0.465. The lowest BCUT2D eigenvalue weighted by Gasteiger charge is -2.10. The quantitative estimate of drug-likeness (QED) is 0.631. The molecule has 0 aliphatic carbocycles. The van der Waals surface area contributed by atoms with Crippen LogP contribution >= 0.6 is 22.6 Å². The van der Waals surface area contributed by atoms with Gasteiger partial charge in [-0.25, -0.2) is 0 Å². The minimum Gasteiger partial charge on any atom is -0.493 e. The zero-order chi connectivity index (χ0) is 10.6. The van der Waals surface area contributed by atoms with Crippen LogP contribution in [0.15, 0.2) is 18.2 Å². The van der Waals surface area contributed by atoms with Gasteiger partial charge in [-0.3, -0.25) is 4.79 Å². The van der Waals surface area contributed by atoms with E-state index in [9.17, 15) is 4.79 Å². The fourth-order valence-corrected chi connectivity index (χ4v) is 1.45. The summed E-state index contributed by atoms with van der Waals surface area (Å²) in [6.07, 6.45) is 0.825. The molecule has 76 valence electrons. The van der Waals surface area contributed by atoms with Crippen LogP contribution < -0.4 is 4.74 Å². The van der Waals surface area contributed by atoms with Crippen LogP contribution in [-0.2, 0) is 0 Å². The van der Waals surface area contributed by atoms with Crippen LogP contribution in [0.4, 0.5) is 0 Å². The van der Waals surface area contributed by atoms with Gasteiger partial charge in [-0.1, -0.05) is 13.8 Å². The second-order valence-electron chi connectivity index (χ2n) is 3.50. The molecule has 0 heterocycles. The number of halogens is 1. The molecule has 1 aromatic carbocycles. The van der Waals surface area contributed by atoms with Crippen molar-refractivity contribution in [2.24, 2.45) is 5.92 Å². The number of carbonyl (C=O) groups is 1. The molecule has 0 saturated carbocycles. The van der Waals surface area contributed by atoms with Gasteiger partial charge in [0.25, 0.3) is 0 Å². The molecule has 0 aliphatic rings. The summed E-state index contributed by atoms with van der Waals surface area (Å²) < 4.78 is 6.61. The molecule has 0 amide bonds. The number of aldehydes is 1. The second-order valence-corrected chi connectivity index (χ2v) is 4.75. The third-order valence-corrected chi connectivity index (χ3v) is 2.35. The average Bonchev–Trinajstić information content (AvgIpc) is 2.15. The van der Waals surface area contributed by atoms with Gasteiger partial charge in [-0.05, 0) is 46.7 Å². The van der Waals surface area contributed by atoms with Crippen molar-refractivity contribution in [3.8, 4) is 5.75 Å². The Hall–Kier alpha value is -0.580. The van der Waals surface area contributed by atoms with Crippen LogP contribution in [0, 0.1) is 9.49 Å². The Morgan fingerprint density at radius 2 is 2.21 bits per heavy atom. The summed E-state index contributed by atoms with van der Waals surface area (Å²) in [4.78, 5) is 10.7. The van der Waals surface area contributed by atoms with E-state index in [4.69, 9.17) is 4.74 Å². The van der Waals surface area contributed by atoms with Gasteiger partial charge in [0.05, 0.1) is 12.2 Å². The Morgan fingerprint density at radius 3 is 2.79 bits per heavy atom. The first kappa shape index (κ1) is 11.5. The van der Waals surface area contributed by atoms with Gasteiger partial charge in [-0.15, -0.1) is 0 Å². The number of benzene rings is 1. The average molecular weight is 304 g/mol. The second kappa shape index (κ2) is 5.34. The summed E-state index contributed by atoms with van der Waals surface area (Å²) in [5, 5.41) is 0. The first-order chi connectivity index (χ1) is 6.63. The van der Waals surface area contributed by atoms with Crippen molar-refractivity contribution in [3.05, 3.63) is 27.3 Å². The molecule has 0 atom stereocenters. The van der Waals surface area contributed by atoms with Crippen LogP contribution in [0.5, 0.6) is 5.75 Å². The highest BCUT2D eigenvalue weighted by molar-refractivity contribution is 14.1. The largest absolute Gasteiger partial charge is 0.493 e. The molecule has 0 fully saturated rings. The van der Waals surface area contributed by atoms with Gasteiger partial charge < -0.3 is 4.74 Å². The van der Waals surface area contributed by atoms with Gasteiger partial charge in [0, 0.05) is 3.57 Å². The van der Waals surface area contributed by atoms with Crippen LogP contribution in [0.1, 0.15) is 24.2 Å². The van der Waals surface area contributed by atoms with E-state index in [2.05, 4.69) is 36.4 Å². The van der Waals surface area contributed by atoms with Crippen molar-refractivity contribution in [1.82, 2.24) is 0 Å². The first-order valence-electron chi connectivity index (χ1n) is 4.51. The van der Waals surface area contributed by atoms with Gasteiger partial charge in [0.1, 0.15) is 5.75 Å². The summed E-state index contributed by atoms with van der Waals surface area (Å²) in [5.74, 6) is 1.15. The molecule has 0 spiro atoms. The van der Waals surface area contributed by atoms with Crippen LogP contribution in [0.2, 0.25) is 0 Å². The predicted molar refractivity (Wildman–Crippen MR) is 64.9 cm³/mol. The normalized spacial score (nSPS) is 10.3. The van der Waals surface area contributed by atoms with E-state index in [1.54, 1.807) is 6.07 Å². The lowest BCUT2D eigenvalue weighted by molar-refractivity contribution is 0.111. The Kier molecular flexibility index (Phi) is 4.38. The third kappa shape index (κ3) is 3.29. The first-order valence-corrected chi connectivity index (χ1v) is 5.59. The molecular formula is C11H13IO2. The van der Waals surface area contributed by atoms with Crippen molar-refractivity contribution in [3.63, 3.8) is 0 Å². The molecule has 1 aromatic rings. The summed E-state index contributed by atoms with van der Waals surface area (Å²) >= 11 is 2.20. The lowest BCUT2D eigenvalue weighted by atomic mass is 10.2. The van der Waals surface area contributed by atoms with E-state index in [0.717, 1.165) is 9.86 Å². The zero-order valence-corrected chi connectivity index (χ0v) is 10.4. The molecule has 0 aromatic heterocycles. The SMILES string of the molecule is CC(C)COc1cc(I)ccc1C=O. The van der Waals surface area contributed by atoms with E-state index in [1.165, 1.54) is 0 Å². The summed E-state index contributed by atoms with van der Waals surface area (Å²) in [5.41, 5.74) is 0.617. The van der Waals surface area contributed by atoms with E-state index in [1.807, 2.05) is 12.1 Å². The fraction of sp³-hybridized carbons (Fsp3) is 0.364. The number of rotatable bonds is 4. The highest BCUT2D eigenvalue weighted by Gasteiger charge is 2.04. The molecular weight excluding hydrogens is 291 g/mol. The van der Waals surface area contributed by atoms with E-state index in [-0.39, 0.29) is 0 Å². The van der Waals surface area contributed by atoms with Crippen molar-refractivity contribution in [2.45, 2.75) is 13.8 Å². The number of hydrogen-bond donors (Lipinski definition) is 0. The van der Waals surface area contributed by atoms with Gasteiger partial charge in [0.2, 0.25) is 0 Å². The Balaban J connectivity index is 2.82. The number of ether oxygens (including phenoxy) is 1. The summed E-state index contributed by atoms with van der Waals surface area (Å²) in [6.45, 7) is 4.80. The molecule has 0 bridgehead atoms. The molecule has 0 saturated heterocycles. The minimum absolute atomic E-state index is 0.465. The fourth-order valence-electron chi connectivity index (χ4n) is 0.987. The molecule has 0 unspecified atom stereocenters. The van der Waals surface area contributed by atoms with Gasteiger partial charge in [-0.2, -0.15) is 0 Å². The Morgan fingerprint density at radius 1 is 1.50 bits per heavy atom. The zero-order valence-electron chi connectivity index (χ0n) is 8.29. The standard InChI is InChI=1S/C11H13IO2/c1-8(2)7-14-11-5-10(12)4-3-9(11)6-13/h3-6,8H,7H2,1-2H3. The Bertz CT molecular complexity index is 321. The van der Waals surface area contributed by atoms with E-state index >= 15 is 0 Å². The molecule has 1 rings (SSSR count). The summed E-state index contributed by atoms with van der Waals surface area (Å²) in [6, 6.07) is 5.56.